The maximum atomic E-state index is 13.6. The molecule has 4 heteroatoms. The molecule has 1 aromatic carbocycles. The normalized spacial score (nSPS) is 18.3. The van der Waals surface area contributed by atoms with E-state index in [1.807, 2.05) is 6.07 Å². The number of benzene rings is 1. The molecule has 0 aliphatic heterocycles. The fraction of sp³-hybridized carbons (Fsp3) is 0.600. The van der Waals surface area contributed by atoms with Crippen LogP contribution in [0.25, 0.3) is 0 Å². The molecule has 0 heterocycles. The number of hydrogen-bond donors (Lipinski definition) is 2. The van der Waals surface area contributed by atoms with Crippen molar-refractivity contribution in [2.45, 2.75) is 36.6 Å². The van der Waals surface area contributed by atoms with Crippen LogP contribution in [0.3, 0.4) is 0 Å². The van der Waals surface area contributed by atoms with Crippen molar-refractivity contribution in [3.8, 4) is 0 Å². The van der Waals surface area contributed by atoms with Gasteiger partial charge in [-0.1, -0.05) is 19.1 Å². The van der Waals surface area contributed by atoms with Gasteiger partial charge in [-0.05, 0) is 43.9 Å². The van der Waals surface area contributed by atoms with Crippen LogP contribution in [0.2, 0.25) is 0 Å². The maximum Gasteiger partial charge on any atom is 0.136 e. The predicted molar refractivity (Wildman–Crippen MR) is 78.0 cm³/mol. The average Bonchev–Trinajstić information content (AvgIpc) is 3.26. The van der Waals surface area contributed by atoms with Crippen LogP contribution in [-0.2, 0) is 0 Å². The molecule has 0 bridgehead atoms. The number of aliphatic hydroxyl groups is 1. The fourth-order valence-corrected chi connectivity index (χ4v) is 3.54. The van der Waals surface area contributed by atoms with Gasteiger partial charge in [-0.2, -0.15) is 0 Å². The highest BCUT2D eigenvalue weighted by Gasteiger charge is 2.44. The minimum absolute atomic E-state index is 0.124. The summed E-state index contributed by atoms with van der Waals surface area (Å²) in [4.78, 5) is 0.666. The number of hydrogen-bond acceptors (Lipinski definition) is 3. The molecule has 2 nitrogen and oxygen atoms in total. The first-order valence-corrected chi connectivity index (χ1v) is 7.93. The first kappa shape index (κ1) is 14.8. The van der Waals surface area contributed by atoms with Gasteiger partial charge in [0.1, 0.15) is 5.82 Å². The summed E-state index contributed by atoms with van der Waals surface area (Å²) in [6.45, 7) is 3.14. The zero-order valence-electron chi connectivity index (χ0n) is 11.4. The molecule has 0 aromatic heterocycles. The highest BCUT2D eigenvalue weighted by atomic mass is 32.2. The van der Waals surface area contributed by atoms with Gasteiger partial charge in [0.2, 0.25) is 0 Å². The van der Waals surface area contributed by atoms with E-state index in [-0.39, 0.29) is 18.0 Å². The Balaban J connectivity index is 2.02. The quantitative estimate of drug-likeness (QED) is 0.719. The van der Waals surface area contributed by atoms with Gasteiger partial charge in [-0.25, -0.2) is 4.39 Å². The number of nitrogens with one attached hydrogen (secondary N) is 1. The Morgan fingerprint density at radius 1 is 1.42 bits per heavy atom. The Kier molecular flexibility index (Phi) is 5.25. The zero-order valence-corrected chi connectivity index (χ0v) is 12.2. The van der Waals surface area contributed by atoms with Gasteiger partial charge in [0.05, 0.1) is 12.1 Å². The summed E-state index contributed by atoms with van der Waals surface area (Å²) < 4.78 is 13.6. The lowest BCUT2D eigenvalue weighted by Gasteiger charge is -2.33. The summed E-state index contributed by atoms with van der Waals surface area (Å²) in [5.41, 5.74) is -0.247. The SMILES string of the molecule is CCCNC(CO)(CSc1ccccc1F)C1CC1. The molecule has 1 saturated carbocycles. The second-order valence-electron chi connectivity index (χ2n) is 5.23. The molecule has 1 atom stereocenters. The van der Waals surface area contributed by atoms with Crippen molar-refractivity contribution in [1.82, 2.24) is 5.32 Å². The maximum absolute atomic E-state index is 13.6. The average molecular weight is 283 g/mol. The third-order valence-electron chi connectivity index (χ3n) is 3.69. The number of thioether (sulfide) groups is 1. The van der Waals surface area contributed by atoms with E-state index < -0.39 is 0 Å². The van der Waals surface area contributed by atoms with Gasteiger partial charge in [0, 0.05) is 10.6 Å². The smallest absolute Gasteiger partial charge is 0.136 e. The van der Waals surface area contributed by atoms with Gasteiger partial charge >= 0.3 is 0 Å². The molecular formula is C15H22FNOS. The number of halogens is 1. The van der Waals surface area contributed by atoms with Gasteiger partial charge in [-0.15, -0.1) is 11.8 Å². The lowest BCUT2D eigenvalue weighted by atomic mass is 9.96. The van der Waals surface area contributed by atoms with Crippen LogP contribution in [0.1, 0.15) is 26.2 Å². The molecule has 0 amide bonds. The van der Waals surface area contributed by atoms with E-state index in [0.29, 0.717) is 10.8 Å². The van der Waals surface area contributed by atoms with E-state index in [1.165, 1.54) is 17.8 Å². The molecular weight excluding hydrogens is 261 g/mol. The van der Waals surface area contributed by atoms with Crippen molar-refractivity contribution in [1.29, 1.82) is 0 Å². The van der Waals surface area contributed by atoms with Crippen LogP contribution in [0.5, 0.6) is 0 Å². The van der Waals surface area contributed by atoms with Crippen molar-refractivity contribution in [2.24, 2.45) is 5.92 Å². The summed E-state index contributed by atoms with van der Waals surface area (Å²) in [5.74, 6) is 1.07. The van der Waals surface area contributed by atoms with Crippen LogP contribution in [0, 0.1) is 11.7 Å². The Morgan fingerprint density at radius 2 is 2.16 bits per heavy atom. The van der Waals surface area contributed by atoms with Gasteiger partial charge in [0.15, 0.2) is 0 Å². The summed E-state index contributed by atoms with van der Waals surface area (Å²) in [6.07, 6.45) is 3.36. The standard InChI is InChI=1S/C15H22FNOS/c1-2-9-17-15(10-18,12-7-8-12)11-19-14-6-4-3-5-13(14)16/h3-6,12,17-18H,2,7-11H2,1H3. The molecule has 19 heavy (non-hydrogen) atoms. The highest BCUT2D eigenvalue weighted by molar-refractivity contribution is 7.99. The Morgan fingerprint density at radius 3 is 2.74 bits per heavy atom. The van der Waals surface area contributed by atoms with E-state index in [0.717, 1.165) is 31.6 Å². The summed E-state index contributed by atoms with van der Waals surface area (Å²) in [7, 11) is 0. The fourth-order valence-electron chi connectivity index (χ4n) is 2.32. The third-order valence-corrected chi connectivity index (χ3v) is 4.99. The van der Waals surface area contributed by atoms with Crippen molar-refractivity contribution in [3.05, 3.63) is 30.1 Å². The van der Waals surface area contributed by atoms with Crippen LogP contribution in [-0.4, -0.2) is 29.5 Å². The Hall–Kier alpha value is -0.580. The zero-order chi connectivity index (χ0) is 13.7. The van der Waals surface area contributed by atoms with Crippen LogP contribution >= 0.6 is 11.8 Å². The van der Waals surface area contributed by atoms with Gasteiger partial charge in [0.25, 0.3) is 0 Å². The molecule has 1 aliphatic carbocycles. The molecule has 106 valence electrons. The minimum Gasteiger partial charge on any atom is -0.394 e. The van der Waals surface area contributed by atoms with Gasteiger partial charge < -0.3 is 10.4 Å². The molecule has 1 fully saturated rings. The first-order chi connectivity index (χ1) is 9.22. The molecule has 2 N–H and O–H groups in total. The first-order valence-electron chi connectivity index (χ1n) is 6.95. The Bertz CT molecular complexity index is 411. The number of aliphatic hydroxyl groups excluding tert-OH is 1. The Labute approximate surface area is 118 Å². The van der Waals surface area contributed by atoms with Crippen LogP contribution < -0.4 is 5.32 Å². The van der Waals surface area contributed by atoms with E-state index in [1.54, 1.807) is 12.1 Å². The largest absolute Gasteiger partial charge is 0.394 e. The highest BCUT2D eigenvalue weighted by Crippen LogP contribution is 2.42. The second-order valence-corrected chi connectivity index (χ2v) is 6.25. The van der Waals surface area contributed by atoms with Crippen molar-refractivity contribution in [3.63, 3.8) is 0 Å². The van der Waals surface area contributed by atoms with E-state index in [9.17, 15) is 9.50 Å². The molecule has 1 aliphatic rings. The predicted octanol–water partition coefficient (Wildman–Crippen LogP) is 3.06. The molecule has 0 spiro atoms. The summed E-state index contributed by atoms with van der Waals surface area (Å²) >= 11 is 1.50. The van der Waals surface area contributed by atoms with Crippen LogP contribution in [0.4, 0.5) is 4.39 Å². The molecule has 2 rings (SSSR count). The second kappa shape index (κ2) is 6.73. The van der Waals surface area contributed by atoms with Crippen molar-refractivity contribution >= 4 is 11.8 Å². The molecule has 1 unspecified atom stereocenters. The lowest BCUT2D eigenvalue weighted by Crippen LogP contribution is -2.53. The topological polar surface area (TPSA) is 32.3 Å². The van der Waals surface area contributed by atoms with E-state index in [2.05, 4.69) is 12.2 Å². The van der Waals surface area contributed by atoms with E-state index in [4.69, 9.17) is 0 Å². The van der Waals surface area contributed by atoms with E-state index >= 15 is 0 Å². The number of rotatable bonds is 8. The summed E-state index contributed by atoms with van der Waals surface area (Å²) in [5, 5.41) is 13.3. The minimum atomic E-state index is -0.247. The monoisotopic (exact) mass is 283 g/mol. The van der Waals surface area contributed by atoms with Crippen LogP contribution in [0.15, 0.2) is 29.2 Å². The molecule has 0 radical (unpaired) electrons. The summed E-state index contributed by atoms with van der Waals surface area (Å²) in [6, 6.07) is 6.84. The third kappa shape index (κ3) is 3.71. The molecule has 0 saturated heterocycles. The van der Waals surface area contributed by atoms with Crippen molar-refractivity contribution < 1.29 is 9.50 Å². The lowest BCUT2D eigenvalue weighted by molar-refractivity contribution is 0.159. The van der Waals surface area contributed by atoms with Gasteiger partial charge in [-0.3, -0.25) is 0 Å². The molecule has 1 aromatic rings. The van der Waals surface area contributed by atoms with Crippen molar-refractivity contribution in [2.75, 3.05) is 18.9 Å².